The van der Waals surface area contributed by atoms with Gasteiger partial charge < -0.3 is 5.11 Å². The number of hydrogen-bond donors (Lipinski definition) is 1. The van der Waals surface area contributed by atoms with Gasteiger partial charge in [-0.25, -0.2) is 0 Å². The molecule has 0 aliphatic carbocycles. The number of hydrogen-bond acceptors (Lipinski definition) is 5. The summed E-state index contributed by atoms with van der Waals surface area (Å²) in [5.74, 6) is 0. The van der Waals surface area contributed by atoms with Gasteiger partial charge in [-0.05, 0) is 19.1 Å². The van der Waals surface area contributed by atoms with Crippen LogP contribution in [0.25, 0.3) is 0 Å². The summed E-state index contributed by atoms with van der Waals surface area (Å²) < 4.78 is 0. The van der Waals surface area contributed by atoms with Crippen LogP contribution in [0.5, 0.6) is 0 Å². The van der Waals surface area contributed by atoms with E-state index in [1.165, 1.54) is 23.9 Å². The average Bonchev–Trinajstić information content (AvgIpc) is 2.28. The van der Waals surface area contributed by atoms with Crippen molar-refractivity contribution in [3.63, 3.8) is 0 Å². The first-order valence-electron chi connectivity index (χ1n) is 4.99. The minimum atomic E-state index is -0.578. The number of thioether (sulfide) groups is 1. The van der Waals surface area contributed by atoms with Crippen molar-refractivity contribution >= 4 is 17.4 Å². The second-order valence-corrected chi connectivity index (χ2v) is 5.06. The smallest absolute Gasteiger partial charge is 0.287 e. The molecule has 0 fully saturated rings. The number of nitriles is 1. The van der Waals surface area contributed by atoms with Gasteiger partial charge in [0, 0.05) is 16.2 Å². The normalized spacial score (nSPS) is 13.8. The summed E-state index contributed by atoms with van der Waals surface area (Å²) in [6.07, 6.45) is -0.485. The van der Waals surface area contributed by atoms with Crippen LogP contribution in [0.4, 0.5) is 5.69 Å². The Morgan fingerprint density at radius 3 is 2.65 bits per heavy atom. The number of nitrogens with zero attached hydrogens (tertiary/aromatic N) is 2. The highest BCUT2D eigenvalue weighted by atomic mass is 32.2. The summed E-state index contributed by atoms with van der Waals surface area (Å²) in [7, 11) is 0. The number of nitro groups is 1. The van der Waals surface area contributed by atoms with Crippen molar-refractivity contribution in [1.82, 2.24) is 0 Å². The number of aliphatic hydroxyl groups excluding tert-OH is 1. The second-order valence-electron chi connectivity index (χ2n) is 3.61. The van der Waals surface area contributed by atoms with Crippen molar-refractivity contribution < 1.29 is 10.0 Å². The SMILES string of the molecule is CC(O)C(C)Sc1ccc([N+](=O)[O-])c(C#N)c1. The first kappa shape index (κ1) is 13.5. The number of aliphatic hydroxyl groups is 1. The molecule has 5 nitrogen and oxygen atoms in total. The molecule has 1 rings (SSSR count). The van der Waals surface area contributed by atoms with Gasteiger partial charge in [0.05, 0.1) is 11.0 Å². The third kappa shape index (κ3) is 3.44. The van der Waals surface area contributed by atoms with Crippen molar-refractivity contribution in [2.24, 2.45) is 0 Å². The third-order valence-corrected chi connectivity index (χ3v) is 3.58. The zero-order valence-corrected chi connectivity index (χ0v) is 10.3. The molecule has 6 heteroatoms. The Morgan fingerprint density at radius 1 is 1.53 bits per heavy atom. The second kappa shape index (κ2) is 5.66. The van der Waals surface area contributed by atoms with Crippen molar-refractivity contribution in [1.29, 1.82) is 5.26 Å². The maximum absolute atomic E-state index is 10.6. The Kier molecular flexibility index (Phi) is 4.49. The van der Waals surface area contributed by atoms with Gasteiger partial charge in [-0.2, -0.15) is 5.26 Å². The van der Waals surface area contributed by atoms with Crippen molar-refractivity contribution in [2.45, 2.75) is 30.1 Å². The van der Waals surface area contributed by atoms with Gasteiger partial charge in [-0.3, -0.25) is 10.1 Å². The van der Waals surface area contributed by atoms with Gasteiger partial charge >= 0.3 is 0 Å². The first-order valence-corrected chi connectivity index (χ1v) is 5.87. The largest absolute Gasteiger partial charge is 0.392 e. The lowest BCUT2D eigenvalue weighted by atomic mass is 10.2. The molecule has 2 atom stereocenters. The van der Waals surface area contributed by atoms with Crippen molar-refractivity contribution in [3.05, 3.63) is 33.9 Å². The Balaban J connectivity index is 2.99. The Bertz CT molecular complexity index is 468. The minimum absolute atomic E-state index is 0.0389. The topological polar surface area (TPSA) is 87.2 Å². The van der Waals surface area contributed by atoms with Crippen LogP contribution in [0.1, 0.15) is 19.4 Å². The van der Waals surface area contributed by atoms with E-state index in [1.54, 1.807) is 19.1 Å². The van der Waals surface area contributed by atoms with Gasteiger partial charge in [-0.1, -0.05) is 6.92 Å². The van der Waals surface area contributed by atoms with E-state index in [4.69, 9.17) is 5.26 Å². The fraction of sp³-hybridized carbons (Fsp3) is 0.364. The van der Waals surface area contributed by atoms with Crippen LogP contribution in [-0.4, -0.2) is 21.4 Å². The zero-order valence-electron chi connectivity index (χ0n) is 9.45. The summed E-state index contributed by atoms with van der Waals surface area (Å²) >= 11 is 1.38. The molecule has 1 aromatic rings. The lowest BCUT2D eigenvalue weighted by molar-refractivity contribution is -0.385. The highest BCUT2D eigenvalue weighted by molar-refractivity contribution is 8.00. The monoisotopic (exact) mass is 252 g/mol. The molecule has 1 aromatic carbocycles. The predicted octanol–water partition coefficient (Wildman–Crippen LogP) is 2.33. The van der Waals surface area contributed by atoms with E-state index in [-0.39, 0.29) is 16.5 Å². The molecule has 0 aromatic heterocycles. The lowest BCUT2D eigenvalue weighted by Crippen LogP contribution is -2.14. The molecule has 0 saturated carbocycles. The summed E-state index contributed by atoms with van der Waals surface area (Å²) in [6, 6.07) is 6.18. The van der Waals surface area contributed by atoms with Crippen LogP contribution in [0.2, 0.25) is 0 Å². The molecule has 0 spiro atoms. The van der Waals surface area contributed by atoms with Gasteiger partial charge in [0.25, 0.3) is 5.69 Å². The molecule has 0 radical (unpaired) electrons. The van der Waals surface area contributed by atoms with Crippen LogP contribution >= 0.6 is 11.8 Å². The molecule has 17 heavy (non-hydrogen) atoms. The fourth-order valence-corrected chi connectivity index (χ4v) is 2.11. The van der Waals surface area contributed by atoms with E-state index < -0.39 is 11.0 Å². The van der Waals surface area contributed by atoms with E-state index in [9.17, 15) is 15.2 Å². The predicted molar refractivity (Wildman–Crippen MR) is 64.8 cm³/mol. The maximum atomic E-state index is 10.6. The molecule has 90 valence electrons. The summed E-state index contributed by atoms with van der Waals surface area (Å²) in [5, 5.41) is 28.8. The van der Waals surface area contributed by atoms with Crippen LogP contribution in [-0.2, 0) is 0 Å². The van der Waals surface area contributed by atoms with E-state index in [2.05, 4.69) is 0 Å². The first-order chi connectivity index (χ1) is 7.95. The summed E-state index contributed by atoms with van der Waals surface area (Å²) in [4.78, 5) is 10.8. The molecule has 0 aliphatic heterocycles. The number of benzene rings is 1. The third-order valence-electron chi connectivity index (χ3n) is 2.29. The number of rotatable bonds is 4. The minimum Gasteiger partial charge on any atom is -0.392 e. The van der Waals surface area contributed by atoms with Crippen LogP contribution < -0.4 is 0 Å². The lowest BCUT2D eigenvalue weighted by Gasteiger charge is -2.13. The van der Waals surface area contributed by atoms with Crippen LogP contribution in [0.15, 0.2) is 23.1 Å². The van der Waals surface area contributed by atoms with Gasteiger partial charge in [0.15, 0.2) is 0 Å². The average molecular weight is 252 g/mol. The maximum Gasteiger partial charge on any atom is 0.287 e. The Morgan fingerprint density at radius 2 is 2.18 bits per heavy atom. The Hall–Kier alpha value is -1.58. The molecule has 0 saturated heterocycles. The van der Waals surface area contributed by atoms with E-state index in [1.807, 2.05) is 6.92 Å². The molecular weight excluding hydrogens is 240 g/mol. The standard InChI is InChI=1S/C11H12N2O3S/c1-7(14)8(2)17-10-3-4-11(13(15)16)9(5-10)6-12/h3-5,7-8,14H,1-2H3. The van der Waals surface area contributed by atoms with Gasteiger partial charge in [-0.15, -0.1) is 11.8 Å². The van der Waals surface area contributed by atoms with Crippen molar-refractivity contribution in [2.75, 3.05) is 0 Å². The summed E-state index contributed by atoms with van der Waals surface area (Å²) in [5.41, 5.74) is -0.153. The Labute approximate surface area is 103 Å². The molecule has 0 aliphatic rings. The molecule has 0 amide bonds. The molecule has 0 bridgehead atoms. The fourth-order valence-electron chi connectivity index (χ4n) is 1.15. The molecular formula is C11H12N2O3S. The molecule has 0 heterocycles. The molecule has 2 unspecified atom stereocenters. The van der Waals surface area contributed by atoms with Gasteiger partial charge in [0.2, 0.25) is 0 Å². The number of nitro benzene ring substituents is 1. The van der Waals surface area contributed by atoms with E-state index >= 15 is 0 Å². The van der Waals surface area contributed by atoms with Crippen molar-refractivity contribution in [3.8, 4) is 6.07 Å². The van der Waals surface area contributed by atoms with E-state index in [0.29, 0.717) is 0 Å². The van der Waals surface area contributed by atoms with Crippen LogP contribution in [0.3, 0.4) is 0 Å². The highest BCUT2D eigenvalue weighted by Gasteiger charge is 2.16. The van der Waals surface area contributed by atoms with Crippen LogP contribution in [0, 0.1) is 21.4 Å². The highest BCUT2D eigenvalue weighted by Crippen LogP contribution is 2.29. The molecule has 1 N–H and O–H groups in total. The van der Waals surface area contributed by atoms with E-state index in [0.717, 1.165) is 4.90 Å². The quantitative estimate of drug-likeness (QED) is 0.505. The van der Waals surface area contributed by atoms with Gasteiger partial charge in [0.1, 0.15) is 11.6 Å². The summed E-state index contributed by atoms with van der Waals surface area (Å²) in [6.45, 7) is 3.52. The zero-order chi connectivity index (χ0) is 13.0.